The normalized spacial score (nSPS) is 10.5. The first-order valence-corrected chi connectivity index (χ1v) is 11.2. The Kier molecular flexibility index (Phi) is 10.3. The fourth-order valence-electron chi connectivity index (χ4n) is 2.84. The number of amides is 1. The van der Waals surface area contributed by atoms with Crippen LogP contribution in [-0.2, 0) is 11.2 Å². The number of ether oxygens (including phenoxy) is 1. The highest BCUT2D eigenvalue weighted by Crippen LogP contribution is 2.28. The lowest BCUT2D eigenvalue weighted by atomic mass is 10.1. The van der Waals surface area contributed by atoms with Crippen LogP contribution in [0.1, 0.15) is 47.8 Å². The summed E-state index contributed by atoms with van der Waals surface area (Å²) in [6.07, 6.45) is 1.28. The summed E-state index contributed by atoms with van der Waals surface area (Å²) in [4.78, 5) is 26.7. The number of benzene rings is 2. The van der Waals surface area contributed by atoms with Gasteiger partial charge in [-0.15, -0.1) is 5.10 Å². The van der Waals surface area contributed by atoms with Crippen molar-refractivity contribution in [2.24, 2.45) is 5.73 Å². The van der Waals surface area contributed by atoms with Crippen molar-refractivity contribution in [1.29, 1.82) is 0 Å². The molecular formula is C26H29F2N5O4. The Balaban J connectivity index is 0.000000263. The first-order valence-electron chi connectivity index (χ1n) is 11.2. The van der Waals surface area contributed by atoms with Gasteiger partial charge in [0.15, 0.2) is 0 Å². The molecule has 1 aromatic heterocycles. The molecule has 3 rings (SSSR count). The molecule has 2 aromatic carbocycles. The van der Waals surface area contributed by atoms with Crippen LogP contribution in [0.4, 0.5) is 14.5 Å². The van der Waals surface area contributed by atoms with Crippen LogP contribution < -0.4 is 15.4 Å². The Hall–Kier alpha value is -4.30. The van der Waals surface area contributed by atoms with Crippen LogP contribution in [0, 0.1) is 23.5 Å². The second kappa shape index (κ2) is 13.1. The molecular weight excluding hydrogens is 484 g/mol. The van der Waals surface area contributed by atoms with Crippen LogP contribution in [0.15, 0.2) is 36.4 Å². The van der Waals surface area contributed by atoms with Gasteiger partial charge in [0.1, 0.15) is 35.1 Å². The zero-order valence-corrected chi connectivity index (χ0v) is 21.0. The number of H-pyrrole nitrogens is 1. The Bertz CT molecular complexity index is 1290. The molecule has 0 spiro atoms. The smallest absolute Gasteiger partial charge is 0.288 e. The molecule has 196 valence electrons. The topological polar surface area (TPSA) is 134 Å². The summed E-state index contributed by atoms with van der Waals surface area (Å²) >= 11 is 0. The van der Waals surface area contributed by atoms with Crippen molar-refractivity contribution in [3.05, 3.63) is 70.8 Å². The summed E-state index contributed by atoms with van der Waals surface area (Å²) in [5, 5.41) is 15.6. The molecule has 0 saturated heterocycles. The number of carbonyl (C=O) groups excluding carboxylic acids is 2. The molecule has 0 saturated carbocycles. The van der Waals surface area contributed by atoms with Gasteiger partial charge >= 0.3 is 0 Å². The van der Waals surface area contributed by atoms with E-state index in [0.717, 1.165) is 29.7 Å². The number of nitrogens with one attached hydrogen (secondary N) is 1. The second-order valence-electron chi connectivity index (χ2n) is 8.57. The van der Waals surface area contributed by atoms with Gasteiger partial charge in [0.25, 0.3) is 5.91 Å². The maximum absolute atomic E-state index is 13.3. The van der Waals surface area contributed by atoms with Gasteiger partial charge in [-0.3, -0.25) is 9.89 Å². The maximum Gasteiger partial charge on any atom is 0.288 e. The van der Waals surface area contributed by atoms with E-state index >= 15 is 0 Å². The number of hydrogen-bond acceptors (Lipinski definition) is 7. The summed E-state index contributed by atoms with van der Waals surface area (Å²) < 4.78 is 31.5. The lowest BCUT2D eigenvalue weighted by Crippen LogP contribution is -2.14. The molecule has 0 radical (unpaired) electrons. The predicted molar refractivity (Wildman–Crippen MR) is 134 cm³/mol. The summed E-state index contributed by atoms with van der Waals surface area (Å²) in [6.45, 7) is 3.65. The summed E-state index contributed by atoms with van der Waals surface area (Å²) in [7, 11) is 3.82. The number of aromatic nitrogens is 3. The van der Waals surface area contributed by atoms with Gasteiger partial charge in [-0.1, -0.05) is 17.9 Å². The molecule has 0 fully saturated rings. The number of rotatable bonds is 8. The molecule has 1 amide bonds. The molecule has 4 N–H and O–H groups in total. The van der Waals surface area contributed by atoms with Gasteiger partial charge < -0.3 is 25.3 Å². The fourth-order valence-corrected chi connectivity index (χ4v) is 2.84. The first kappa shape index (κ1) is 28.9. The minimum absolute atomic E-state index is 0.0758. The lowest BCUT2D eigenvalue weighted by molar-refractivity contribution is -0.108. The zero-order valence-electron chi connectivity index (χ0n) is 21.0. The van der Waals surface area contributed by atoms with Crippen LogP contribution in [0.25, 0.3) is 0 Å². The molecule has 3 aromatic rings. The molecule has 0 aliphatic carbocycles. The highest BCUT2D eigenvalue weighted by molar-refractivity contribution is 5.88. The van der Waals surface area contributed by atoms with Gasteiger partial charge in [0, 0.05) is 38.6 Å². The summed E-state index contributed by atoms with van der Waals surface area (Å²) in [6, 6.07) is 8.78. The first-order chi connectivity index (χ1) is 17.4. The van der Waals surface area contributed by atoms with Crippen LogP contribution in [-0.4, -0.2) is 58.8 Å². The Morgan fingerprint density at radius 3 is 2.54 bits per heavy atom. The lowest BCUT2D eigenvalue weighted by Gasteiger charge is -2.18. The van der Waals surface area contributed by atoms with E-state index < -0.39 is 23.1 Å². The Labute approximate surface area is 213 Å². The number of halogens is 2. The number of aromatic amines is 1. The summed E-state index contributed by atoms with van der Waals surface area (Å²) in [5.74, 6) is 4.44. The SMILES string of the molecule is CN(C)c1cc(C#CC(C)(C)O)ccc1OCCC=O.NC(=O)c1n[nH]c(Cc2ccc(F)cc2F)n1. The van der Waals surface area contributed by atoms with Crippen molar-refractivity contribution >= 4 is 17.9 Å². The number of nitrogens with zero attached hydrogens (tertiary/aromatic N) is 3. The average Bonchev–Trinajstić information content (AvgIpc) is 3.29. The van der Waals surface area contributed by atoms with Gasteiger partial charge in [-0.25, -0.2) is 13.8 Å². The number of hydrogen-bond donors (Lipinski definition) is 3. The van der Waals surface area contributed by atoms with Crippen molar-refractivity contribution in [1.82, 2.24) is 15.2 Å². The minimum Gasteiger partial charge on any atom is -0.491 e. The van der Waals surface area contributed by atoms with Crippen LogP contribution in [0.5, 0.6) is 5.75 Å². The third-order valence-electron chi connectivity index (χ3n) is 4.57. The largest absolute Gasteiger partial charge is 0.491 e. The quantitative estimate of drug-likeness (QED) is 0.239. The van der Waals surface area contributed by atoms with E-state index in [2.05, 4.69) is 27.0 Å². The van der Waals surface area contributed by atoms with E-state index in [-0.39, 0.29) is 23.6 Å². The van der Waals surface area contributed by atoms with Crippen molar-refractivity contribution in [2.45, 2.75) is 32.3 Å². The van der Waals surface area contributed by atoms with E-state index in [9.17, 15) is 23.5 Å². The minimum atomic E-state index is -1.02. The fraction of sp³-hybridized carbons (Fsp3) is 0.308. The van der Waals surface area contributed by atoms with Crippen LogP contribution >= 0.6 is 0 Å². The van der Waals surface area contributed by atoms with E-state index in [0.29, 0.717) is 18.8 Å². The van der Waals surface area contributed by atoms with E-state index in [1.807, 2.05) is 37.2 Å². The van der Waals surface area contributed by atoms with Gasteiger partial charge in [0.2, 0.25) is 5.82 Å². The van der Waals surface area contributed by atoms with Gasteiger partial charge in [-0.05, 0) is 43.7 Å². The molecule has 11 heteroatoms. The summed E-state index contributed by atoms with van der Waals surface area (Å²) in [5.41, 5.74) is 5.89. The van der Waals surface area contributed by atoms with Gasteiger partial charge in [0.05, 0.1) is 12.3 Å². The zero-order chi connectivity index (χ0) is 27.6. The molecule has 0 unspecified atom stereocenters. The van der Waals surface area contributed by atoms with Gasteiger partial charge in [-0.2, -0.15) is 0 Å². The van der Waals surface area contributed by atoms with Crippen LogP contribution in [0.2, 0.25) is 0 Å². The molecule has 0 aliphatic heterocycles. The number of aliphatic hydroxyl groups is 1. The monoisotopic (exact) mass is 513 g/mol. The highest BCUT2D eigenvalue weighted by atomic mass is 19.1. The molecule has 0 atom stereocenters. The highest BCUT2D eigenvalue weighted by Gasteiger charge is 2.11. The van der Waals surface area contributed by atoms with Crippen molar-refractivity contribution < 1.29 is 28.2 Å². The molecule has 0 bridgehead atoms. The third kappa shape index (κ3) is 9.70. The van der Waals surface area contributed by atoms with E-state index in [4.69, 9.17) is 10.5 Å². The maximum atomic E-state index is 13.3. The second-order valence-corrected chi connectivity index (χ2v) is 8.57. The number of aldehydes is 1. The number of anilines is 1. The molecule has 0 aliphatic rings. The van der Waals surface area contributed by atoms with E-state index in [1.54, 1.807) is 13.8 Å². The van der Waals surface area contributed by atoms with Crippen molar-refractivity contribution in [3.8, 4) is 17.6 Å². The van der Waals surface area contributed by atoms with Crippen molar-refractivity contribution in [2.75, 3.05) is 25.6 Å². The molecule has 37 heavy (non-hydrogen) atoms. The number of nitrogens with two attached hydrogens (primary N) is 1. The van der Waals surface area contributed by atoms with E-state index in [1.165, 1.54) is 6.07 Å². The number of primary amides is 1. The predicted octanol–water partition coefficient (Wildman–Crippen LogP) is 2.62. The van der Waals surface area contributed by atoms with Crippen LogP contribution in [0.3, 0.4) is 0 Å². The third-order valence-corrected chi connectivity index (χ3v) is 4.57. The average molecular weight is 514 g/mol. The molecule has 9 nitrogen and oxygen atoms in total. The number of carbonyl (C=O) groups is 2. The Morgan fingerprint density at radius 1 is 1.24 bits per heavy atom. The van der Waals surface area contributed by atoms with Crippen molar-refractivity contribution in [3.63, 3.8) is 0 Å². The Morgan fingerprint density at radius 2 is 1.97 bits per heavy atom. The molecule has 1 heterocycles. The standard InChI is InChI=1S/C16H21NO3.C10H8F2N4O/c1-16(2,19)9-8-13-6-7-15(20-11-5-10-18)14(12-13)17(3)4;11-6-2-1-5(7(12)4-6)3-8-14-10(9(13)17)16-15-8/h6-7,10,12,19H,5,11H2,1-4H3;1-2,4H,3H2,(H2,13,17)(H,14,15,16).